The highest BCUT2D eigenvalue weighted by molar-refractivity contribution is 5.20. The summed E-state index contributed by atoms with van der Waals surface area (Å²) in [7, 11) is 0. The van der Waals surface area contributed by atoms with Crippen LogP contribution in [0.2, 0.25) is 0 Å². The van der Waals surface area contributed by atoms with E-state index in [4.69, 9.17) is 4.74 Å². The normalized spacial score (nSPS) is 32.0. The van der Waals surface area contributed by atoms with Crippen LogP contribution in [0, 0.1) is 11.8 Å². The number of rotatable bonds is 6. The van der Waals surface area contributed by atoms with Crippen molar-refractivity contribution < 1.29 is 4.74 Å². The predicted molar refractivity (Wildman–Crippen MR) is 68.2 cm³/mol. The molecule has 1 fully saturated rings. The Bertz CT molecular complexity index is 324. The van der Waals surface area contributed by atoms with Gasteiger partial charge < -0.3 is 4.74 Å². The summed E-state index contributed by atoms with van der Waals surface area (Å²) in [5.74, 6) is 1.47. The largest absolute Gasteiger partial charge is 0.377 e. The summed E-state index contributed by atoms with van der Waals surface area (Å²) in [6.07, 6.45) is 14.3. The molecule has 0 amide bonds. The summed E-state index contributed by atoms with van der Waals surface area (Å²) in [6, 6.07) is 0. The minimum absolute atomic E-state index is 0.463. The average Bonchev–Trinajstić information content (AvgIpc) is 2.89. The molecule has 16 heavy (non-hydrogen) atoms. The first-order valence-corrected chi connectivity index (χ1v) is 6.07. The molecule has 0 spiro atoms. The number of hydrogen-bond donors (Lipinski definition) is 0. The highest BCUT2D eigenvalue weighted by atomic mass is 16.5. The Morgan fingerprint density at radius 2 is 2.19 bits per heavy atom. The Morgan fingerprint density at radius 1 is 1.31 bits per heavy atom. The van der Waals surface area contributed by atoms with Crippen LogP contribution in [-0.4, -0.2) is 12.7 Å². The fraction of sp³-hybridized carbons (Fsp3) is 0.467. The van der Waals surface area contributed by atoms with Crippen LogP contribution in [0.1, 0.15) is 19.3 Å². The first kappa shape index (κ1) is 11.4. The van der Waals surface area contributed by atoms with Crippen LogP contribution in [0.3, 0.4) is 0 Å². The van der Waals surface area contributed by atoms with E-state index in [1.165, 1.54) is 18.4 Å². The zero-order chi connectivity index (χ0) is 11.4. The molecule has 86 valence electrons. The number of fused-ring (bicyclic) bond motifs is 2. The molecule has 3 unspecified atom stereocenters. The summed E-state index contributed by atoms with van der Waals surface area (Å²) < 4.78 is 5.94. The molecule has 1 saturated carbocycles. The smallest absolute Gasteiger partial charge is 0.0643 e. The van der Waals surface area contributed by atoms with Crippen molar-refractivity contribution in [3.63, 3.8) is 0 Å². The highest BCUT2D eigenvalue weighted by Gasteiger charge is 2.35. The zero-order valence-corrected chi connectivity index (χ0v) is 9.77. The molecule has 0 aromatic carbocycles. The quantitative estimate of drug-likeness (QED) is 0.486. The lowest BCUT2D eigenvalue weighted by molar-refractivity contribution is 0.0389. The van der Waals surface area contributed by atoms with Gasteiger partial charge in [0.1, 0.15) is 0 Å². The van der Waals surface area contributed by atoms with Crippen molar-refractivity contribution in [2.75, 3.05) is 6.61 Å². The first-order chi connectivity index (χ1) is 7.83. The van der Waals surface area contributed by atoms with E-state index in [2.05, 4.69) is 25.3 Å². The molecule has 0 aromatic rings. The molecule has 2 aliphatic rings. The van der Waals surface area contributed by atoms with Crippen molar-refractivity contribution in [2.45, 2.75) is 25.4 Å². The lowest BCUT2D eigenvalue weighted by atomic mass is 10.0. The summed E-state index contributed by atoms with van der Waals surface area (Å²) in [5, 5.41) is 0. The molecule has 1 nitrogen and oxygen atoms in total. The minimum Gasteiger partial charge on any atom is -0.377 e. The van der Waals surface area contributed by atoms with E-state index in [1.807, 2.05) is 12.2 Å². The topological polar surface area (TPSA) is 9.23 Å². The van der Waals surface area contributed by atoms with Crippen LogP contribution in [0.5, 0.6) is 0 Å². The molecule has 0 saturated heterocycles. The number of allylic oxidation sites excluding steroid dienone is 4. The molecule has 0 aliphatic heterocycles. The molecule has 1 heteroatoms. The SMILES string of the molecule is C=C/C=C(\C=C)CCOC1CC2C=CC1C2. The molecule has 2 aliphatic carbocycles. The van der Waals surface area contributed by atoms with Crippen molar-refractivity contribution in [3.8, 4) is 0 Å². The summed E-state index contributed by atoms with van der Waals surface area (Å²) in [4.78, 5) is 0. The number of hydrogen-bond acceptors (Lipinski definition) is 1. The monoisotopic (exact) mass is 216 g/mol. The van der Waals surface area contributed by atoms with Crippen LogP contribution in [0.25, 0.3) is 0 Å². The second-order valence-corrected chi connectivity index (χ2v) is 4.62. The van der Waals surface area contributed by atoms with Crippen LogP contribution in [-0.2, 0) is 4.74 Å². The van der Waals surface area contributed by atoms with E-state index in [9.17, 15) is 0 Å². The summed E-state index contributed by atoms with van der Waals surface area (Å²) >= 11 is 0. The third-order valence-corrected chi connectivity index (χ3v) is 3.53. The lowest BCUT2D eigenvalue weighted by Gasteiger charge is -2.18. The molecule has 0 N–H and O–H groups in total. The van der Waals surface area contributed by atoms with Gasteiger partial charge in [-0.05, 0) is 30.8 Å². The molecule has 2 rings (SSSR count). The van der Waals surface area contributed by atoms with E-state index >= 15 is 0 Å². The van der Waals surface area contributed by atoms with Crippen molar-refractivity contribution in [1.29, 1.82) is 0 Å². The Kier molecular flexibility index (Phi) is 3.79. The van der Waals surface area contributed by atoms with E-state index in [0.29, 0.717) is 12.0 Å². The molecule has 0 heterocycles. The van der Waals surface area contributed by atoms with Gasteiger partial charge in [0, 0.05) is 5.92 Å². The summed E-state index contributed by atoms with van der Waals surface area (Å²) in [6.45, 7) is 8.28. The lowest BCUT2D eigenvalue weighted by Crippen LogP contribution is -2.18. The Labute approximate surface area is 98.2 Å². The van der Waals surface area contributed by atoms with Gasteiger partial charge >= 0.3 is 0 Å². The second-order valence-electron chi connectivity index (χ2n) is 4.62. The van der Waals surface area contributed by atoms with E-state index in [1.54, 1.807) is 6.08 Å². The Morgan fingerprint density at radius 3 is 2.75 bits per heavy atom. The molecule has 0 radical (unpaired) electrons. The van der Waals surface area contributed by atoms with Gasteiger partial charge in [-0.25, -0.2) is 0 Å². The maximum absolute atomic E-state index is 5.94. The zero-order valence-electron chi connectivity index (χ0n) is 9.77. The van der Waals surface area contributed by atoms with Crippen LogP contribution in [0.4, 0.5) is 0 Å². The average molecular weight is 216 g/mol. The van der Waals surface area contributed by atoms with Crippen molar-refractivity contribution in [2.24, 2.45) is 11.8 Å². The van der Waals surface area contributed by atoms with Gasteiger partial charge in [-0.1, -0.05) is 43.5 Å². The van der Waals surface area contributed by atoms with Crippen molar-refractivity contribution >= 4 is 0 Å². The van der Waals surface area contributed by atoms with Gasteiger partial charge in [0.25, 0.3) is 0 Å². The van der Waals surface area contributed by atoms with E-state index in [0.717, 1.165) is 18.9 Å². The number of ether oxygens (including phenoxy) is 1. The molecule has 0 aromatic heterocycles. The van der Waals surface area contributed by atoms with Crippen LogP contribution >= 0.6 is 0 Å². The van der Waals surface area contributed by atoms with Crippen molar-refractivity contribution in [1.82, 2.24) is 0 Å². The molecular formula is C15H20O. The Hall–Kier alpha value is -1.08. The fourth-order valence-electron chi connectivity index (χ4n) is 2.65. The van der Waals surface area contributed by atoms with E-state index < -0.39 is 0 Å². The van der Waals surface area contributed by atoms with Gasteiger partial charge in [-0.15, -0.1) is 0 Å². The van der Waals surface area contributed by atoms with Crippen molar-refractivity contribution in [3.05, 3.63) is 49.1 Å². The second kappa shape index (κ2) is 5.31. The predicted octanol–water partition coefficient (Wildman–Crippen LogP) is 3.66. The van der Waals surface area contributed by atoms with Gasteiger partial charge in [-0.2, -0.15) is 0 Å². The molecule has 3 atom stereocenters. The van der Waals surface area contributed by atoms with Crippen LogP contribution < -0.4 is 0 Å². The maximum atomic E-state index is 5.94. The minimum atomic E-state index is 0.463. The van der Waals surface area contributed by atoms with Gasteiger partial charge in [-0.3, -0.25) is 0 Å². The standard InChI is InChI=1S/C15H20O/c1-3-5-12(4-2)8-9-16-15-11-13-6-7-14(15)10-13/h3-7,13-15H,1-2,8-11H2/b12-5+. The maximum Gasteiger partial charge on any atom is 0.0643 e. The van der Waals surface area contributed by atoms with Gasteiger partial charge in [0.2, 0.25) is 0 Å². The third-order valence-electron chi connectivity index (χ3n) is 3.53. The highest BCUT2D eigenvalue weighted by Crippen LogP contribution is 2.40. The third kappa shape index (κ3) is 2.53. The van der Waals surface area contributed by atoms with Gasteiger partial charge in [0.15, 0.2) is 0 Å². The molecular weight excluding hydrogens is 196 g/mol. The van der Waals surface area contributed by atoms with Gasteiger partial charge in [0.05, 0.1) is 12.7 Å². The first-order valence-electron chi connectivity index (χ1n) is 6.07. The molecule has 2 bridgehead atoms. The Balaban J connectivity index is 1.72. The summed E-state index contributed by atoms with van der Waals surface area (Å²) in [5.41, 5.74) is 1.20. The van der Waals surface area contributed by atoms with E-state index in [-0.39, 0.29) is 0 Å². The van der Waals surface area contributed by atoms with Crippen LogP contribution in [0.15, 0.2) is 49.1 Å². The fourth-order valence-corrected chi connectivity index (χ4v) is 2.65.